The van der Waals surface area contributed by atoms with Crippen LogP contribution in [0.15, 0.2) is 36.9 Å². The van der Waals surface area contributed by atoms with E-state index in [-0.39, 0.29) is 11.8 Å². The fourth-order valence-corrected chi connectivity index (χ4v) is 3.61. The van der Waals surface area contributed by atoms with Gasteiger partial charge in [-0.05, 0) is 49.9 Å². The molecule has 1 N–H and O–H groups in total. The maximum absolute atomic E-state index is 12.7. The van der Waals surface area contributed by atoms with Crippen LogP contribution >= 0.6 is 0 Å². The average Bonchev–Trinajstić information content (AvgIpc) is 3.20. The van der Waals surface area contributed by atoms with Crippen molar-refractivity contribution < 1.29 is 14.3 Å². The Morgan fingerprint density at radius 2 is 1.78 bits per heavy atom. The van der Waals surface area contributed by atoms with Crippen molar-refractivity contribution in [2.45, 2.75) is 31.8 Å². The molecule has 1 saturated heterocycles. The molecule has 1 aromatic carbocycles. The highest BCUT2D eigenvalue weighted by molar-refractivity contribution is 5.94. The number of carbonyl (C=O) groups excluding carboxylic acids is 2. The predicted molar refractivity (Wildman–Crippen MR) is 105 cm³/mol. The van der Waals surface area contributed by atoms with Gasteiger partial charge in [-0.2, -0.15) is 0 Å². The number of nitrogens with zero attached hydrogens (tertiary/aromatic N) is 2. The van der Waals surface area contributed by atoms with E-state index in [1.165, 1.54) is 12.8 Å². The number of piperazine rings is 1. The van der Waals surface area contributed by atoms with Crippen molar-refractivity contribution in [1.29, 1.82) is 0 Å². The third-order valence-corrected chi connectivity index (χ3v) is 5.18. The van der Waals surface area contributed by atoms with Gasteiger partial charge in [-0.15, -0.1) is 6.58 Å². The summed E-state index contributed by atoms with van der Waals surface area (Å²) in [4.78, 5) is 28.4. The summed E-state index contributed by atoms with van der Waals surface area (Å²) in [7, 11) is 0. The Morgan fingerprint density at radius 3 is 2.41 bits per heavy atom. The first-order valence-corrected chi connectivity index (χ1v) is 9.81. The van der Waals surface area contributed by atoms with Crippen molar-refractivity contribution in [3.63, 3.8) is 0 Å². The molecule has 0 atom stereocenters. The molecule has 0 spiro atoms. The molecule has 1 saturated carbocycles. The van der Waals surface area contributed by atoms with Gasteiger partial charge in [0.2, 0.25) is 5.91 Å². The van der Waals surface area contributed by atoms with Gasteiger partial charge in [0, 0.05) is 38.3 Å². The van der Waals surface area contributed by atoms with Gasteiger partial charge in [-0.3, -0.25) is 14.5 Å². The molecule has 1 aromatic rings. The molecule has 6 nitrogen and oxygen atoms in total. The highest BCUT2D eigenvalue weighted by atomic mass is 16.5. The summed E-state index contributed by atoms with van der Waals surface area (Å²) in [5, 5.41) is 2.78. The molecule has 0 aromatic heterocycles. The summed E-state index contributed by atoms with van der Waals surface area (Å²) < 4.78 is 5.96. The molecule has 146 valence electrons. The Balaban J connectivity index is 1.45. The third kappa shape index (κ3) is 5.57. The highest BCUT2D eigenvalue weighted by Gasteiger charge is 2.23. The average molecular weight is 371 g/mol. The molecule has 2 amide bonds. The van der Waals surface area contributed by atoms with E-state index in [2.05, 4.69) is 16.8 Å². The van der Waals surface area contributed by atoms with E-state index in [9.17, 15) is 9.59 Å². The molecule has 0 bridgehead atoms. The SMILES string of the molecule is C=CCNC(=O)CN1CCN(C(=O)c2ccc(OC3CCCC3)cc2)CC1. The largest absolute Gasteiger partial charge is 0.490 e. The minimum Gasteiger partial charge on any atom is -0.490 e. The van der Waals surface area contributed by atoms with Crippen LogP contribution in [0.3, 0.4) is 0 Å². The summed E-state index contributed by atoms with van der Waals surface area (Å²) in [6, 6.07) is 7.49. The van der Waals surface area contributed by atoms with Crippen molar-refractivity contribution in [1.82, 2.24) is 15.1 Å². The van der Waals surface area contributed by atoms with Crippen LogP contribution in [0.4, 0.5) is 0 Å². The Hall–Kier alpha value is -2.34. The topological polar surface area (TPSA) is 61.9 Å². The van der Waals surface area contributed by atoms with E-state index in [1.807, 2.05) is 29.2 Å². The molecule has 1 heterocycles. The van der Waals surface area contributed by atoms with E-state index in [0.717, 1.165) is 18.6 Å². The molecule has 2 fully saturated rings. The standard InChI is InChI=1S/C21H29N3O3/c1-2-11-22-20(25)16-23-12-14-24(15-13-23)21(26)17-7-9-19(10-8-17)27-18-5-3-4-6-18/h2,7-10,18H,1,3-6,11-16H2,(H,22,25). The summed E-state index contributed by atoms with van der Waals surface area (Å²) in [6.45, 7) is 7.11. The Kier molecular flexibility index (Phi) is 6.87. The number of carbonyl (C=O) groups is 2. The van der Waals surface area contributed by atoms with Gasteiger partial charge in [-0.25, -0.2) is 0 Å². The normalized spacial score (nSPS) is 18.3. The van der Waals surface area contributed by atoms with Crippen LogP contribution in [0.25, 0.3) is 0 Å². The quantitative estimate of drug-likeness (QED) is 0.746. The minimum atomic E-state index is -0.00692. The van der Waals surface area contributed by atoms with Gasteiger partial charge in [0.25, 0.3) is 5.91 Å². The fourth-order valence-electron chi connectivity index (χ4n) is 3.61. The van der Waals surface area contributed by atoms with Crippen LogP contribution in [0.5, 0.6) is 5.75 Å². The van der Waals surface area contributed by atoms with Crippen molar-refractivity contribution in [2.24, 2.45) is 0 Å². The molecule has 0 radical (unpaired) electrons. The first-order chi connectivity index (χ1) is 13.2. The molecule has 6 heteroatoms. The fraction of sp³-hybridized carbons (Fsp3) is 0.524. The minimum absolute atomic E-state index is 0.00692. The lowest BCUT2D eigenvalue weighted by Crippen LogP contribution is -2.51. The zero-order valence-corrected chi connectivity index (χ0v) is 15.9. The van der Waals surface area contributed by atoms with Crippen LogP contribution in [-0.4, -0.2) is 67.0 Å². The molecule has 3 rings (SSSR count). The number of rotatable bonds is 7. The van der Waals surface area contributed by atoms with E-state index >= 15 is 0 Å². The summed E-state index contributed by atoms with van der Waals surface area (Å²) in [5.74, 6) is 0.875. The molecule has 1 aliphatic heterocycles. The van der Waals surface area contributed by atoms with E-state index in [4.69, 9.17) is 4.74 Å². The zero-order chi connectivity index (χ0) is 19.1. The highest BCUT2D eigenvalue weighted by Crippen LogP contribution is 2.24. The van der Waals surface area contributed by atoms with Crippen LogP contribution in [-0.2, 0) is 4.79 Å². The molecule has 0 unspecified atom stereocenters. The second-order valence-corrected chi connectivity index (χ2v) is 7.21. The van der Waals surface area contributed by atoms with Crippen LogP contribution in [0.2, 0.25) is 0 Å². The van der Waals surface area contributed by atoms with Crippen molar-refractivity contribution in [2.75, 3.05) is 39.3 Å². The summed E-state index contributed by atoms with van der Waals surface area (Å²) in [5.41, 5.74) is 0.686. The number of benzene rings is 1. The lowest BCUT2D eigenvalue weighted by molar-refractivity contribution is -0.122. The lowest BCUT2D eigenvalue weighted by Gasteiger charge is -2.34. The molecule has 1 aliphatic carbocycles. The summed E-state index contributed by atoms with van der Waals surface area (Å²) >= 11 is 0. The van der Waals surface area contributed by atoms with Crippen LogP contribution in [0, 0.1) is 0 Å². The number of nitrogens with one attached hydrogen (secondary N) is 1. The predicted octanol–water partition coefficient (Wildman–Crippen LogP) is 2.07. The van der Waals surface area contributed by atoms with Gasteiger partial charge >= 0.3 is 0 Å². The molecular formula is C21H29N3O3. The number of hydrogen-bond donors (Lipinski definition) is 1. The van der Waals surface area contributed by atoms with E-state index in [0.29, 0.717) is 50.9 Å². The van der Waals surface area contributed by atoms with Crippen molar-refractivity contribution in [3.8, 4) is 5.75 Å². The maximum Gasteiger partial charge on any atom is 0.253 e. The summed E-state index contributed by atoms with van der Waals surface area (Å²) in [6.07, 6.45) is 6.71. The van der Waals surface area contributed by atoms with E-state index in [1.54, 1.807) is 6.08 Å². The number of hydrogen-bond acceptors (Lipinski definition) is 4. The Bertz CT molecular complexity index is 645. The second-order valence-electron chi connectivity index (χ2n) is 7.21. The molecule has 27 heavy (non-hydrogen) atoms. The lowest BCUT2D eigenvalue weighted by atomic mass is 10.1. The molecule has 2 aliphatic rings. The van der Waals surface area contributed by atoms with Gasteiger partial charge in [0.05, 0.1) is 12.6 Å². The van der Waals surface area contributed by atoms with E-state index < -0.39 is 0 Å². The molecular weight excluding hydrogens is 342 g/mol. The monoisotopic (exact) mass is 371 g/mol. The first-order valence-electron chi connectivity index (χ1n) is 9.81. The van der Waals surface area contributed by atoms with Crippen molar-refractivity contribution in [3.05, 3.63) is 42.5 Å². The number of ether oxygens (including phenoxy) is 1. The zero-order valence-electron chi connectivity index (χ0n) is 15.9. The van der Waals surface area contributed by atoms with Crippen LogP contribution in [0.1, 0.15) is 36.0 Å². The second kappa shape index (κ2) is 9.55. The van der Waals surface area contributed by atoms with Gasteiger partial charge in [0.1, 0.15) is 5.75 Å². The maximum atomic E-state index is 12.7. The Labute approximate surface area is 161 Å². The van der Waals surface area contributed by atoms with Gasteiger partial charge in [-0.1, -0.05) is 6.08 Å². The Morgan fingerprint density at radius 1 is 1.11 bits per heavy atom. The van der Waals surface area contributed by atoms with Crippen LogP contribution < -0.4 is 10.1 Å². The first kappa shape index (κ1) is 19.4. The number of amides is 2. The van der Waals surface area contributed by atoms with Gasteiger partial charge in [0.15, 0.2) is 0 Å². The third-order valence-electron chi connectivity index (χ3n) is 5.18. The van der Waals surface area contributed by atoms with Crippen molar-refractivity contribution >= 4 is 11.8 Å². The van der Waals surface area contributed by atoms with Gasteiger partial charge < -0.3 is 15.0 Å². The smallest absolute Gasteiger partial charge is 0.253 e.